The van der Waals surface area contributed by atoms with Gasteiger partial charge in [-0.1, -0.05) is 6.92 Å². The Kier molecular flexibility index (Phi) is 5.25. The third kappa shape index (κ3) is 3.32. The number of amides is 1. The molecule has 0 aromatic heterocycles. The van der Waals surface area contributed by atoms with Gasteiger partial charge in [-0.3, -0.25) is 9.59 Å². The largest absolute Gasteiger partial charge is 0.497 e. The van der Waals surface area contributed by atoms with Gasteiger partial charge in [-0.15, -0.1) is 0 Å². The summed E-state index contributed by atoms with van der Waals surface area (Å²) in [5, 5.41) is 3.23. The summed E-state index contributed by atoms with van der Waals surface area (Å²) >= 11 is 0. The third-order valence-electron chi connectivity index (χ3n) is 3.64. The molecule has 1 aromatic rings. The average molecular weight is 306 g/mol. The zero-order valence-corrected chi connectivity index (χ0v) is 13.2. The number of benzene rings is 1. The quantitative estimate of drug-likeness (QED) is 0.816. The van der Waals surface area contributed by atoms with E-state index >= 15 is 0 Å². The molecule has 1 N–H and O–H groups in total. The summed E-state index contributed by atoms with van der Waals surface area (Å²) in [6, 6.07) is 5.21. The molecule has 6 nitrogen and oxygen atoms in total. The molecular weight excluding hydrogens is 284 g/mol. The van der Waals surface area contributed by atoms with Gasteiger partial charge in [0.15, 0.2) is 0 Å². The van der Waals surface area contributed by atoms with E-state index in [9.17, 15) is 9.59 Å². The summed E-state index contributed by atoms with van der Waals surface area (Å²) in [5.41, 5.74) is 1.61. The fourth-order valence-corrected chi connectivity index (χ4v) is 2.49. The van der Waals surface area contributed by atoms with E-state index in [2.05, 4.69) is 5.32 Å². The lowest BCUT2D eigenvalue weighted by Crippen LogP contribution is -2.47. The summed E-state index contributed by atoms with van der Waals surface area (Å²) < 4.78 is 10.2. The van der Waals surface area contributed by atoms with E-state index in [0.29, 0.717) is 19.6 Å². The number of ether oxygens (including phenoxy) is 2. The van der Waals surface area contributed by atoms with Crippen molar-refractivity contribution in [3.05, 3.63) is 18.2 Å². The van der Waals surface area contributed by atoms with Crippen molar-refractivity contribution in [3.8, 4) is 5.75 Å². The number of fused-ring (bicyclic) bond motifs is 1. The molecule has 1 aromatic carbocycles. The molecule has 1 amide bonds. The van der Waals surface area contributed by atoms with Crippen molar-refractivity contribution in [1.29, 1.82) is 0 Å². The summed E-state index contributed by atoms with van der Waals surface area (Å²) in [7, 11) is 1.60. The molecule has 0 fully saturated rings. The Morgan fingerprint density at radius 3 is 2.77 bits per heavy atom. The van der Waals surface area contributed by atoms with Gasteiger partial charge in [0, 0.05) is 12.6 Å². The van der Waals surface area contributed by atoms with Crippen molar-refractivity contribution in [2.45, 2.75) is 32.7 Å². The number of methoxy groups -OCH3 is 1. The highest BCUT2D eigenvalue weighted by atomic mass is 16.5. The van der Waals surface area contributed by atoms with Crippen molar-refractivity contribution in [1.82, 2.24) is 0 Å². The maximum Gasteiger partial charge on any atom is 0.307 e. The number of rotatable bonds is 6. The molecule has 1 atom stereocenters. The Bertz CT molecular complexity index is 559. The lowest BCUT2D eigenvalue weighted by Gasteiger charge is -2.35. The van der Waals surface area contributed by atoms with Crippen LogP contribution >= 0.6 is 0 Å². The standard InChI is InChI=1S/C16H22N2O4/c1-4-12-16(20)18(9-8-15(19)22-5-2)14-7-6-11(21-3)10-13(14)17-12/h6-7,10,12,17H,4-5,8-9H2,1-3H3. The Balaban J connectivity index is 2.23. The monoisotopic (exact) mass is 306 g/mol. The van der Waals surface area contributed by atoms with E-state index < -0.39 is 0 Å². The Morgan fingerprint density at radius 1 is 1.36 bits per heavy atom. The van der Waals surface area contributed by atoms with Crippen LogP contribution in [0.3, 0.4) is 0 Å². The zero-order valence-electron chi connectivity index (χ0n) is 13.2. The van der Waals surface area contributed by atoms with Gasteiger partial charge in [-0.05, 0) is 25.5 Å². The van der Waals surface area contributed by atoms with E-state index in [-0.39, 0.29) is 24.3 Å². The highest BCUT2D eigenvalue weighted by Gasteiger charge is 2.31. The number of esters is 1. The molecule has 22 heavy (non-hydrogen) atoms. The molecule has 0 saturated carbocycles. The first-order chi connectivity index (χ1) is 10.6. The first kappa shape index (κ1) is 16.1. The first-order valence-corrected chi connectivity index (χ1v) is 7.52. The molecule has 0 spiro atoms. The van der Waals surface area contributed by atoms with Crippen LogP contribution < -0.4 is 15.0 Å². The van der Waals surface area contributed by atoms with Gasteiger partial charge >= 0.3 is 5.97 Å². The molecule has 0 aliphatic carbocycles. The number of carbonyl (C=O) groups excluding carboxylic acids is 2. The van der Waals surface area contributed by atoms with Crippen molar-refractivity contribution in [3.63, 3.8) is 0 Å². The molecule has 0 bridgehead atoms. The molecule has 1 unspecified atom stereocenters. The average Bonchev–Trinajstić information content (AvgIpc) is 2.53. The molecule has 1 aliphatic rings. The molecular formula is C16H22N2O4. The lowest BCUT2D eigenvalue weighted by molar-refractivity contribution is -0.142. The molecule has 0 saturated heterocycles. The maximum atomic E-state index is 12.5. The van der Waals surface area contributed by atoms with Gasteiger partial charge in [0.2, 0.25) is 5.91 Å². The van der Waals surface area contributed by atoms with Gasteiger partial charge in [0.1, 0.15) is 11.8 Å². The van der Waals surface area contributed by atoms with Gasteiger partial charge in [-0.25, -0.2) is 0 Å². The number of hydrogen-bond donors (Lipinski definition) is 1. The normalized spacial score (nSPS) is 16.8. The predicted octanol–water partition coefficient (Wildman–Crippen LogP) is 2.19. The van der Waals surface area contributed by atoms with Crippen LogP contribution in [0.1, 0.15) is 26.7 Å². The van der Waals surface area contributed by atoms with E-state index in [1.807, 2.05) is 19.1 Å². The molecule has 1 heterocycles. The number of hydrogen-bond acceptors (Lipinski definition) is 5. The minimum Gasteiger partial charge on any atom is -0.497 e. The van der Waals surface area contributed by atoms with Crippen LogP contribution in [0.2, 0.25) is 0 Å². The molecule has 2 rings (SSSR count). The summed E-state index contributed by atoms with van der Waals surface area (Å²) in [6.45, 7) is 4.38. The Labute approximate surface area is 130 Å². The number of carbonyl (C=O) groups is 2. The topological polar surface area (TPSA) is 67.9 Å². The number of anilines is 2. The van der Waals surface area contributed by atoms with Crippen LogP contribution in [0, 0.1) is 0 Å². The second-order valence-electron chi connectivity index (χ2n) is 5.03. The van der Waals surface area contributed by atoms with Crippen LogP contribution in [0.25, 0.3) is 0 Å². The van der Waals surface area contributed by atoms with E-state index in [1.165, 1.54) is 0 Å². The predicted molar refractivity (Wildman–Crippen MR) is 84.3 cm³/mol. The van der Waals surface area contributed by atoms with E-state index in [1.54, 1.807) is 25.0 Å². The lowest BCUT2D eigenvalue weighted by atomic mass is 10.1. The fourth-order valence-electron chi connectivity index (χ4n) is 2.49. The fraction of sp³-hybridized carbons (Fsp3) is 0.500. The Morgan fingerprint density at radius 2 is 2.14 bits per heavy atom. The minimum atomic E-state index is -0.294. The van der Waals surface area contributed by atoms with Crippen molar-refractivity contribution in [2.75, 3.05) is 30.5 Å². The van der Waals surface area contributed by atoms with Gasteiger partial charge in [0.25, 0.3) is 0 Å². The zero-order chi connectivity index (χ0) is 16.1. The second-order valence-corrected chi connectivity index (χ2v) is 5.03. The smallest absolute Gasteiger partial charge is 0.307 e. The van der Waals surface area contributed by atoms with Crippen LogP contribution in [0.4, 0.5) is 11.4 Å². The maximum absolute atomic E-state index is 12.5. The SMILES string of the molecule is CCOC(=O)CCN1C(=O)C(CC)Nc2cc(OC)ccc21. The molecule has 0 radical (unpaired) electrons. The van der Waals surface area contributed by atoms with Crippen LogP contribution in [-0.4, -0.2) is 38.2 Å². The number of nitrogens with one attached hydrogen (secondary N) is 1. The summed E-state index contributed by atoms with van der Waals surface area (Å²) in [6.07, 6.45) is 0.854. The number of nitrogens with zero attached hydrogens (tertiary/aromatic N) is 1. The first-order valence-electron chi connectivity index (χ1n) is 7.52. The van der Waals surface area contributed by atoms with Gasteiger partial charge < -0.3 is 19.7 Å². The van der Waals surface area contributed by atoms with E-state index in [0.717, 1.165) is 17.1 Å². The second kappa shape index (κ2) is 7.15. The molecule has 1 aliphatic heterocycles. The molecule has 120 valence electrons. The van der Waals surface area contributed by atoms with Crippen LogP contribution in [0.5, 0.6) is 5.75 Å². The van der Waals surface area contributed by atoms with Crippen molar-refractivity contribution >= 4 is 23.3 Å². The van der Waals surface area contributed by atoms with Gasteiger partial charge in [0.05, 0.1) is 31.5 Å². The van der Waals surface area contributed by atoms with Crippen molar-refractivity contribution in [2.24, 2.45) is 0 Å². The minimum absolute atomic E-state index is 0.0236. The molecule has 6 heteroatoms. The summed E-state index contributed by atoms with van der Waals surface area (Å²) in [5.74, 6) is 0.405. The summed E-state index contributed by atoms with van der Waals surface area (Å²) in [4.78, 5) is 25.7. The van der Waals surface area contributed by atoms with Crippen LogP contribution in [-0.2, 0) is 14.3 Å². The Hall–Kier alpha value is -2.24. The van der Waals surface area contributed by atoms with Crippen LogP contribution in [0.15, 0.2) is 18.2 Å². The van der Waals surface area contributed by atoms with Crippen molar-refractivity contribution < 1.29 is 19.1 Å². The highest BCUT2D eigenvalue weighted by Crippen LogP contribution is 2.35. The third-order valence-corrected chi connectivity index (χ3v) is 3.64. The van der Waals surface area contributed by atoms with E-state index in [4.69, 9.17) is 9.47 Å². The van der Waals surface area contributed by atoms with Gasteiger partial charge in [-0.2, -0.15) is 0 Å². The highest BCUT2D eigenvalue weighted by molar-refractivity contribution is 6.05.